The van der Waals surface area contributed by atoms with Crippen molar-refractivity contribution < 1.29 is 4.79 Å². The van der Waals surface area contributed by atoms with Crippen LogP contribution in [0.4, 0.5) is 5.69 Å². The Balaban J connectivity index is 1.80. The minimum atomic E-state index is -0.223. The molecule has 1 saturated heterocycles. The highest BCUT2D eigenvalue weighted by Crippen LogP contribution is 2.36. The molecule has 1 heterocycles. The van der Waals surface area contributed by atoms with E-state index in [1.54, 1.807) is 11.8 Å². The first-order valence-corrected chi connectivity index (χ1v) is 11.4. The van der Waals surface area contributed by atoms with Gasteiger partial charge in [-0.1, -0.05) is 44.2 Å². The molecule has 1 atom stereocenters. The van der Waals surface area contributed by atoms with Gasteiger partial charge in [-0.3, -0.25) is 4.79 Å². The Bertz CT molecular complexity index is 870. The summed E-state index contributed by atoms with van der Waals surface area (Å²) >= 11 is 1.59. The third-order valence-corrected chi connectivity index (χ3v) is 6.44. The molecule has 2 aromatic rings. The molecule has 0 radical (unpaired) electrons. The van der Waals surface area contributed by atoms with Crippen molar-refractivity contribution in [2.75, 3.05) is 37.6 Å². The lowest BCUT2D eigenvalue weighted by molar-refractivity contribution is -0.120. The summed E-state index contributed by atoms with van der Waals surface area (Å²) in [6, 6.07) is 19.0. The van der Waals surface area contributed by atoms with Gasteiger partial charge in [-0.15, -0.1) is 11.8 Å². The first-order chi connectivity index (χ1) is 14.6. The second-order valence-electron chi connectivity index (χ2n) is 7.89. The van der Waals surface area contributed by atoms with Gasteiger partial charge < -0.3 is 15.5 Å². The summed E-state index contributed by atoms with van der Waals surface area (Å²) in [5.41, 5.74) is 3.54. The molecule has 1 unspecified atom stereocenters. The summed E-state index contributed by atoms with van der Waals surface area (Å²) in [5.74, 6) is 0.319. The number of nitriles is 1. The highest BCUT2D eigenvalue weighted by atomic mass is 32.2. The molecular formula is C24H30N4OS. The van der Waals surface area contributed by atoms with Gasteiger partial charge in [-0.2, -0.15) is 5.26 Å². The van der Waals surface area contributed by atoms with E-state index in [1.165, 1.54) is 5.69 Å². The van der Waals surface area contributed by atoms with Crippen LogP contribution < -0.4 is 15.5 Å². The molecule has 0 aromatic heterocycles. The van der Waals surface area contributed by atoms with Crippen LogP contribution in [-0.2, 0) is 4.79 Å². The van der Waals surface area contributed by atoms with E-state index in [4.69, 9.17) is 5.26 Å². The van der Waals surface area contributed by atoms with E-state index in [9.17, 15) is 4.79 Å². The lowest BCUT2D eigenvalue weighted by Gasteiger charge is -2.29. The van der Waals surface area contributed by atoms with Crippen molar-refractivity contribution in [1.29, 1.82) is 5.26 Å². The van der Waals surface area contributed by atoms with Gasteiger partial charge in [-0.25, -0.2) is 0 Å². The summed E-state index contributed by atoms with van der Waals surface area (Å²) in [5, 5.41) is 14.7. The maximum Gasteiger partial charge on any atom is 0.234 e. The molecule has 1 aliphatic rings. The van der Waals surface area contributed by atoms with Gasteiger partial charge in [-0.05, 0) is 41.7 Å². The third kappa shape index (κ3) is 6.01. The average Bonchev–Trinajstić information content (AvgIpc) is 2.78. The molecule has 0 bridgehead atoms. The van der Waals surface area contributed by atoms with Crippen LogP contribution in [0.5, 0.6) is 0 Å². The standard InChI is InChI=1S/C24H30N4OS/c1-18(2)17-23(24(29)27-12-11-25)30-22-6-4-3-5-21(22)19-7-9-20(10-8-19)28-15-13-26-14-16-28/h3-10,18,23,26H,12-17H2,1-2H3,(H,27,29). The van der Waals surface area contributed by atoms with Crippen LogP contribution in [0.1, 0.15) is 20.3 Å². The van der Waals surface area contributed by atoms with E-state index in [0.29, 0.717) is 5.92 Å². The molecule has 0 aliphatic carbocycles. The van der Waals surface area contributed by atoms with Gasteiger partial charge in [0.05, 0.1) is 11.3 Å². The lowest BCUT2D eigenvalue weighted by Crippen LogP contribution is -2.43. The molecular weight excluding hydrogens is 392 g/mol. The van der Waals surface area contributed by atoms with Crippen molar-refractivity contribution in [1.82, 2.24) is 10.6 Å². The normalized spacial score (nSPS) is 14.9. The monoisotopic (exact) mass is 422 g/mol. The highest BCUT2D eigenvalue weighted by Gasteiger charge is 2.22. The third-order valence-electron chi connectivity index (χ3n) is 5.14. The molecule has 30 heavy (non-hydrogen) atoms. The van der Waals surface area contributed by atoms with E-state index in [2.05, 4.69) is 65.8 Å². The second-order valence-corrected chi connectivity index (χ2v) is 9.14. The minimum Gasteiger partial charge on any atom is -0.369 e. The number of hydrogen-bond acceptors (Lipinski definition) is 5. The number of piperazine rings is 1. The van der Waals surface area contributed by atoms with E-state index in [0.717, 1.165) is 48.6 Å². The zero-order valence-corrected chi connectivity index (χ0v) is 18.5. The number of rotatable bonds is 8. The number of anilines is 1. The Morgan fingerprint density at radius 2 is 1.87 bits per heavy atom. The first-order valence-electron chi connectivity index (χ1n) is 10.5. The van der Waals surface area contributed by atoms with Crippen LogP contribution in [0.2, 0.25) is 0 Å². The molecule has 1 amide bonds. The fourth-order valence-corrected chi connectivity index (χ4v) is 5.06. The van der Waals surface area contributed by atoms with Crippen molar-refractivity contribution in [3.8, 4) is 17.2 Å². The predicted molar refractivity (Wildman–Crippen MR) is 125 cm³/mol. The maximum absolute atomic E-state index is 12.6. The van der Waals surface area contributed by atoms with Crippen molar-refractivity contribution in [2.45, 2.75) is 30.4 Å². The molecule has 2 N–H and O–H groups in total. The number of nitrogens with one attached hydrogen (secondary N) is 2. The van der Waals surface area contributed by atoms with E-state index < -0.39 is 0 Å². The van der Waals surface area contributed by atoms with Crippen molar-refractivity contribution in [2.24, 2.45) is 5.92 Å². The lowest BCUT2D eigenvalue weighted by atomic mass is 10.0. The number of nitrogens with zero attached hydrogens (tertiary/aromatic N) is 2. The molecule has 1 aliphatic heterocycles. The molecule has 158 valence electrons. The Hall–Kier alpha value is -2.49. The fourth-order valence-electron chi connectivity index (χ4n) is 3.61. The van der Waals surface area contributed by atoms with E-state index in [1.807, 2.05) is 18.2 Å². The second kappa shape index (κ2) is 11.1. The Morgan fingerprint density at radius 3 is 2.53 bits per heavy atom. The first kappa shape index (κ1) is 22.2. The van der Waals surface area contributed by atoms with Gasteiger partial charge in [0.25, 0.3) is 0 Å². The van der Waals surface area contributed by atoms with Gasteiger partial charge in [0.2, 0.25) is 5.91 Å². The summed E-state index contributed by atoms with van der Waals surface area (Å²) in [4.78, 5) is 16.1. The number of benzene rings is 2. The molecule has 5 nitrogen and oxygen atoms in total. The Morgan fingerprint density at radius 1 is 1.17 bits per heavy atom. The van der Waals surface area contributed by atoms with Crippen LogP contribution in [-0.4, -0.2) is 43.9 Å². The number of hydrogen-bond donors (Lipinski definition) is 2. The molecule has 1 fully saturated rings. The van der Waals surface area contributed by atoms with Crippen LogP contribution in [0.25, 0.3) is 11.1 Å². The number of amides is 1. The number of carbonyl (C=O) groups is 1. The Kier molecular flexibility index (Phi) is 8.18. The number of carbonyl (C=O) groups excluding carboxylic acids is 1. The molecule has 0 spiro atoms. The van der Waals surface area contributed by atoms with Crippen LogP contribution in [0.15, 0.2) is 53.4 Å². The number of thioether (sulfide) groups is 1. The maximum atomic E-state index is 12.6. The van der Waals surface area contributed by atoms with E-state index >= 15 is 0 Å². The van der Waals surface area contributed by atoms with Crippen molar-refractivity contribution >= 4 is 23.4 Å². The topological polar surface area (TPSA) is 68.2 Å². The average molecular weight is 423 g/mol. The minimum absolute atomic E-state index is 0.0448. The highest BCUT2D eigenvalue weighted by molar-refractivity contribution is 8.00. The van der Waals surface area contributed by atoms with Crippen LogP contribution in [0.3, 0.4) is 0 Å². The van der Waals surface area contributed by atoms with Crippen molar-refractivity contribution in [3.05, 3.63) is 48.5 Å². The van der Waals surface area contributed by atoms with Gasteiger partial charge in [0.15, 0.2) is 0 Å². The summed E-state index contributed by atoms with van der Waals surface area (Å²) in [6.07, 6.45) is 0.762. The summed E-state index contributed by atoms with van der Waals surface area (Å²) in [6.45, 7) is 8.38. The van der Waals surface area contributed by atoms with Crippen LogP contribution in [0, 0.1) is 17.2 Å². The molecule has 6 heteroatoms. The van der Waals surface area contributed by atoms with Gasteiger partial charge in [0, 0.05) is 36.8 Å². The molecule has 3 rings (SSSR count). The Labute approximate surface area is 183 Å². The van der Waals surface area contributed by atoms with Crippen LogP contribution >= 0.6 is 11.8 Å². The molecule has 2 aromatic carbocycles. The van der Waals surface area contributed by atoms with E-state index in [-0.39, 0.29) is 17.7 Å². The zero-order valence-electron chi connectivity index (χ0n) is 17.7. The van der Waals surface area contributed by atoms with Gasteiger partial charge in [0.1, 0.15) is 6.54 Å². The largest absolute Gasteiger partial charge is 0.369 e. The summed E-state index contributed by atoms with van der Waals surface area (Å²) in [7, 11) is 0. The van der Waals surface area contributed by atoms with Crippen molar-refractivity contribution in [3.63, 3.8) is 0 Å². The predicted octanol–water partition coefficient (Wildman–Crippen LogP) is 3.91. The summed E-state index contributed by atoms with van der Waals surface area (Å²) < 4.78 is 0. The van der Waals surface area contributed by atoms with Gasteiger partial charge >= 0.3 is 0 Å². The smallest absolute Gasteiger partial charge is 0.234 e. The fraction of sp³-hybridized carbons (Fsp3) is 0.417. The SMILES string of the molecule is CC(C)CC(Sc1ccccc1-c1ccc(N2CCNCC2)cc1)C(=O)NCC#N. The zero-order chi connectivity index (χ0) is 21.3. The quantitative estimate of drug-likeness (QED) is 0.499. The molecule has 0 saturated carbocycles.